The Balaban J connectivity index is 1.44. The summed E-state index contributed by atoms with van der Waals surface area (Å²) in [5.41, 5.74) is 14.6. The summed E-state index contributed by atoms with van der Waals surface area (Å²) in [5.74, 6) is 0.473. The molecule has 1 aliphatic rings. The zero-order valence-corrected chi connectivity index (χ0v) is 17.6. The zero-order valence-electron chi connectivity index (χ0n) is 17.6. The van der Waals surface area contributed by atoms with Crippen molar-refractivity contribution in [2.45, 2.75) is 45.6 Å². The number of primary amides is 1. The van der Waals surface area contributed by atoms with E-state index in [2.05, 4.69) is 15.6 Å². The van der Waals surface area contributed by atoms with Crippen LogP contribution in [0.15, 0.2) is 34.9 Å². The lowest BCUT2D eigenvalue weighted by molar-refractivity contribution is -0.115. The van der Waals surface area contributed by atoms with Crippen molar-refractivity contribution in [3.8, 4) is 11.3 Å². The molecule has 0 spiro atoms. The van der Waals surface area contributed by atoms with Crippen LogP contribution in [0, 0.1) is 5.92 Å². The summed E-state index contributed by atoms with van der Waals surface area (Å²) in [5, 5.41) is 11.2. The first-order chi connectivity index (χ1) is 14.8. The molecule has 0 bridgehead atoms. The van der Waals surface area contributed by atoms with Crippen LogP contribution in [0.1, 0.15) is 54.3 Å². The fourth-order valence-electron chi connectivity index (χ4n) is 3.52. The molecule has 162 valence electrons. The van der Waals surface area contributed by atoms with Gasteiger partial charge in [-0.05, 0) is 44.6 Å². The van der Waals surface area contributed by atoms with Crippen LogP contribution >= 0.6 is 0 Å². The second-order valence-electron chi connectivity index (χ2n) is 8.26. The Bertz CT molecular complexity index is 1110. The number of hydrogen-bond donors (Lipinski definition) is 3. The molecule has 0 aliphatic heterocycles. The third-order valence-corrected chi connectivity index (χ3v) is 5.29. The van der Waals surface area contributed by atoms with Crippen molar-refractivity contribution >= 4 is 23.5 Å². The molecule has 0 radical (unpaired) electrons. The smallest absolute Gasteiger partial charge is 0.254 e. The van der Waals surface area contributed by atoms with Crippen molar-refractivity contribution in [3.05, 3.63) is 47.2 Å². The van der Waals surface area contributed by atoms with Gasteiger partial charge in [0.1, 0.15) is 17.1 Å². The van der Waals surface area contributed by atoms with Gasteiger partial charge >= 0.3 is 0 Å². The second kappa shape index (κ2) is 8.25. The number of benzene rings is 1. The number of nitrogens with zero attached hydrogens (tertiary/aromatic N) is 3. The van der Waals surface area contributed by atoms with Crippen LogP contribution in [0.3, 0.4) is 0 Å². The normalized spacial score (nSPS) is 13.5. The fourth-order valence-corrected chi connectivity index (χ4v) is 3.52. The average molecular weight is 422 g/mol. The van der Waals surface area contributed by atoms with Gasteiger partial charge in [-0.2, -0.15) is 5.10 Å². The Morgan fingerprint density at radius 2 is 1.97 bits per heavy atom. The molecule has 2 heterocycles. The van der Waals surface area contributed by atoms with Gasteiger partial charge in [0.2, 0.25) is 11.8 Å². The highest BCUT2D eigenvalue weighted by atomic mass is 16.5. The molecular weight excluding hydrogens is 396 g/mol. The predicted octanol–water partition coefficient (Wildman–Crippen LogP) is 2.93. The van der Waals surface area contributed by atoms with E-state index < -0.39 is 5.91 Å². The maximum Gasteiger partial charge on any atom is 0.254 e. The Morgan fingerprint density at radius 1 is 1.26 bits per heavy atom. The van der Waals surface area contributed by atoms with Crippen molar-refractivity contribution in [1.82, 2.24) is 14.9 Å². The van der Waals surface area contributed by atoms with E-state index >= 15 is 0 Å². The first kappa shape index (κ1) is 20.6. The van der Waals surface area contributed by atoms with Gasteiger partial charge in [0.15, 0.2) is 0 Å². The Kier molecular flexibility index (Phi) is 5.50. The van der Waals surface area contributed by atoms with E-state index in [9.17, 15) is 9.59 Å². The monoisotopic (exact) mass is 422 g/mol. The highest BCUT2D eigenvalue weighted by Crippen LogP contribution is 2.33. The van der Waals surface area contributed by atoms with Gasteiger partial charge < -0.3 is 16.0 Å². The van der Waals surface area contributed by atoms with Crippen LogP contribution in [0.5, 0.6) is 0 Å². The SMILES string of the molecule is CC(C)n1nc(-c2ccc(CC(=O)Nc3cc(CC4CC4)no3)cc2)c(C(N)=O)c1N. The minimum Gasteiger partial charge on any atom is -0.383 e. The number of nitrogen functional groups attached to an aromatic ring is 1. The molecular formula is C22H26N6O3. The van der Waals surface area contributed by atoms with Gasteiger partial charge in [-0.1, -0.05) is 29.4 Å². The van der Waals surface area contributed by atoms with E-state index in [1.807, 2.05) is 26.0 Å². The van der Waals surface area contributed by atoms with Crippen molar-refractivity contribution < 1.29 is 14.1 Å². The molecule has 0 unspecified atom stereocenters. The van der Waals surface area contributed by atoms with E-state index in [-0.39, 0.29) is 29.8 Å². The standard InChI is InChI=1S/C22H26N6O3/c1-12(2)28-21(23)19(22(24)30)20(26-28)15-7-5-14(6-8-15)10-17(29)25-18-11-16(27-31-18)9-13-3-4-13/h5-8,11-13H,3-4,9-10,23H2,1-2H3,(H2,24,30)(H,25,29). The topological polar surface area (TPSA) is 142 Å². The van der Waals surface area contributed by atoms with Gasteiger partial charge in [0.25, 0.3) is 5.91 Å². The molecule has 3 aromatic rings. The molecule has 2 aromatic heterocycles. The lowest BCUT2D eigenvalue weighted by Crippen LogP contribution is -2.15. The van der Waals surface area contributed by atoms with E-state index in [4.69, 9.17) is 16.0 Å². The largest absolute Gasteiger partial charge is 0.383 e. The fraction of sp³-hybridized carbons (Fsp3) is 0.364. The second-order valence-corrected chi connectivity index (χ2v) is 8.26. The van der Waals surface area contributed by atoms with Gasteiger partial charge in [-0.25, -0.2) is 4.68 Å². The summed E-state index contributed by atoms with van der Waals surface area (Å²) in [7, 11) is 0. The molecule has 9 nitrogen and oxygen atoms in total. The Labute approximate surface area is 179 Å². The third kappa shape index (κ3) is 4.60. The average Bonchev–Trinajstić information content (AvgIpc) is 3.30. The van der Waals surface area contributed by atoms with Crippen molar-refractivity contribution in [3.63, 3.8) is 0 Å². The Hall–Kier alpha value is -3.62. The molecule has 0 atom stereocenters. The van der Waals surface area contributed by atoms with E-state index in [1.54, 1.807) is 22.9 Å². The maximum atomic E-state index is 12.4. The number of anilines is 2. The molecule has 0 saturated heterocycles. The number of amides is 2. The minimum atomic E-state index is -0.629. The van der Waals surface area contributed by atoms with E-state index in [1.165, 1.54) is 12.8 Å². The van der Waals surface area contributed by atoms with E-state index in [0.717, 1.165) is 17.7 Å². The summed E-state index contributed by atoms with van der Waals surface area (Å²) in [6.45, 7) is 3.84. The van der Waals surface area contributed by atoms with Crippen LogP contribution in [0.25, 0.3) is 11.3 Å². The highest BCUT2D eigenvalue weighted by Gasteiger charge is 2.24. The van der Waals surface area contributed by atoms with Crippen LogP contribution in [0.2, 0.25) is 0 Å². The van der Waals surface area contributed by atoms with Crippen LogP contribution in [0.4, 0.5) is 11.7 Å². The first-order valence-electron chi connectivity index (χ1n) is 10.3. The summed E-state index contributed by atoms with van der Waals surface area (Å²) in [6, 6.07) is 8.97. The van der Waals surface area contributed by atoms with Crippen LogP contribution in [-0.2, 0) is 17.6 Å². The molecule has 1 saturated carbocycles. The van der Waals surface area contributed by atoms with Gasteiger partial charge in [-0.15, -0.1) is 0 Å². The number of carbonyl (C=O) groups is 2. The molecule has 1 aromatic carbocycles. The van der Waals surface area contributed by atoms with Crippen molar-refractivity contribution in [2.75, 3.05) is 11.1 Å². The quantitative estimate of drug-likeness (QED) is 0.509. The lowest BCUT2D eigenvalue weighted by Gasteiger charge is -2.07. The van der Waals surface area contributed by atoms with Gasteiger partial charge in [0.05, 0.1) is 12.1 Å². The van der Waals surface area contributed by atoms with Crippen molar-refractivity contribution in [2.24, 2.45) is 11.7 Å². The number of carbonyl (C=O) groups excluding carboxylic acids is 2. The van der Waals surface area contributed by atoms with Gasteiger partial charge in [0, 0.05) is 17.7 Å². The van der Waals surface area contributed by atoms with Crippen molar-refractivity contribution in [1.29, 1.82) is 0 Å². The van der Waals surface area contributed by atoms with Gasteiger partial charge in [-0.3, -0.25) is 14.9 Å². The Morgan fingerprint density at radius 3 is 2.58 bits per heavy atom. The predicted molar refractivity (Wildman–Crippen MR) is 116 cm³/mol. The minimum absolute atomic E-state index is 0.0179. The van der Waals surface area contributed by atoms with Crippen LogP contribution in [-0.4, -0.2) is 26.8 Å². The summed E-state index contributed by atoms with van der Waals surface area (Å²) >= 11 is 0. The molecule has 1 fully saturated rings. The molecule has 5 N–H and O–H groups in total. The molecule has 31 heavy (non-hydrogen) atoms. The highest BCUT2D eigenvalue weighted by molar-refractivity contribution is 6.03. The molecule has 2 amide bonds. The number of nitrogens with two attached hydrogens (primary N) is 2. The zero-order chi connectivity index (χ0) is 22.1. The molecule has 1 aliphatic carbocycles. The third-order valence-electron chi connectivity index (χ3n) is 5.29. The summed E-state index contributed by atoms with van der Waals surface area (Å²) < 4.78 is 6.77. The lowest BCUT2D eigenvalue weighted by atomic mass is 10.0. The number of aromatic nitrogens is 3. The molecule has 9 heteroatoms. The van der Waals surface area contributed by atoms with Crippen LogP contribution < -0.4 is 16.8 Å². The summed E-state index contributed by atoms with van der Waals surface area (Å²) in [4.78, 5) is 24.3. The van der Waals surface area contributed by atoms with E-state index in [0.29, 0.717) is 23.1 Å². The molecule has 4 rings (SSSR count). The summed E-state index contributed by atoms with van der Waals surface area (Å²) in [6.07, 6.45) is 3.53. The first-order valence-corrected chi connectivity index (χ1v) is 10.3. The number of hydrogen-bond acceptors (Lipinski definition) is 6. The number of rotatable bonds is 8. The maximum absolute atomic E-state index is 12.4. The number of nitrogens with one attached hydrogen (secondary N) is 1.